The number of hydrogen-bond acceptors (Lipinski definition) is 5. The fourth-order valence-electron chi connectivity index (χ4n) is 2.11. The molecule has 0 aromatic carbocycles. The van der Waals surface area contributed by atoms with Gasteiger partial charge in [-0.25, -0.2) is 0 Å². The van der Waals surface area contributed by atoms with E-state index >= 15 is 0 Å². The van der Waals surface area contributed by atoms with Crippen molar-refractivity contribution in [3.8, 4) is 0 Å². The third-order valence-electron chi connectivity index (χ3n) is 3.39. The maximum Gasteiger partial charge on any atom is 0.302 e. The first-order valence-corrected chi connectivity index (χ1v) is 7.93. The van der Waals surface area contributed by atoms with Gasteiger partial charge in [-0.2, -0.15) is 0 Å². The van der Waals surface area contributed by atoms with E-state index in [0.29, 0.717) is 19.6 Å². The maximum atomic E-state index is 11.8. The fraction of sp³-hybridized carbons (Fsp3) is 0.389. The Morgan fingerprint density at radius 1 is 1.08 bits per heavy atom. The van der Waals surface area contributed by atoms with Crippen LogP contribution >= 0.6 is 0 Å². The van der Waals surface area contributed by atoms with Crippen molar-refractivity contribution in [2.75, 3.05) is 13.2 Å². The monoisotopic (exact) mass is 323 g/mol. The molecule has 0 amide bonds. The van der Waals surface area contributed by atoms with Gasteiger partial charge in [0.15, 0.2) is 0 Å². The molecule has 2 radical (unpaired) electrons. The van der Waals surface area contributed by atoms with Crippen molar-refractivity contribution in [2.24, 2.45) is 0 Å². The summed E-state index contributed by atoms with van der Waals surface area (Å²) in [6.45, 7) is 5.43. The first kappa shape index (κ1) is 18.1. The van der Waals surface area contributed by atoms with Crippen LogP contribution in [0.3, 0.4) is 0 Å². The van der Waals surface area contributed by atoms with Gasteiger partial charge in [0.1, 0.15) is 6.61 Å². The van der Waals surface area contributed by atoms with E-state index in [1.165, 1.54) is 0 Å². The smallest absolute Gasteiger partial charge is 0.302 e. The standard InChI is InChI=1S/C18H22BN3O2/c1-18(2,19)17(23)24-12-11-22(13-15-7-3-5-9-20-15)14-16-8-4-6-10-21-16/h3-10H,11-14H2,1-2H3. The molecule has 0 aliphatic carbocycles. The van der Waals surface area contributed by atoms with Crippen LogP contribution in [0.15, 0.2) is 48.8 Å². The summed E-state index contributed by atoms with van der Waals surface area (Å²) in [5.74, 6) is -0.405. The van der Waals surface area contributed by atoms with Crippen LogP contribution in [0.2, 0.25) is 5.31 Å². The Morgan fingerprint density at radius 2 is 1.62 bits per heavy atom. The van der Waals surface area contributed by atoms with Gasteiger partial charge in [0.25, 0.3) is 0 Å². The molecule has 0 N–H and O–H groups in total. The van der Waals surface area contributed by atoms with Crippen molar-refractivity contribution >= 4 is 13.8 Å². The van der Waals surface area contributed by atoms with Crippen LogP contribution in [0.1, 0.15) is 25.2 Å². The largest absolute Gasteiger partial charge is 0.464 e. The molecular formula is C18H22BN3O2. The van der Waals surface area contributed by atoms with Crippen molar-refractivity contribution in [3.63, 3.8) is 0 Å². The van der Waals surface area contributed by atoms with Crippen molar-refractivity contribution < 1.29 is 9.53 Å². The molecular weight excluding hydrogens is 301 g/mol. The second kappa shape index (κ2) is 8.59. The minimum Gasteiger partial charge on any atom is -0.464 e. The Labute approximate surface area is 144 Å². The van der Waals surface area contributed by atoms with Crippen LogP contribution in [0, 0.1) is 0 Å². The van der Waals surface area contributed by atoms with Crippen LogP contribution in [0.25, 0.3) is 0 Å². The summed E-state index contributed by atoms with van der Waals surface area (Å²) in [6.07, 6.45) is 3.54. The number of rotatable bonds is 8. The van der Waals surface area contributed by atoms with E-state index in [1.807, 2.05) is 36.4 Å². The lowest BCUT2D eigenvalue weighted by atomic mass is 9.73. The lowest BCUT2D eigenvalue weighted by Gasteiger charge is -2.23. The highest BCUT2D eigenvalue weighted by atomic mass is 16.5. The highest BCUT2D eigenvalue weighted by molar-refractivity contribution is 6.26. The van der Waals surface area contributed by atoms with Crippen LogP contribution < -0.4 is 0 Å². The second-order valence-electron chi connectivity index (χ2n) is 6.21. The van der Waals surface area contributed by atoms with E-state index in [-0.39, 0.29) is 6.61 Å². The summed E-state index contributed by atoms with van der Waals surface area (Å²) in [6, 6.07) is 11.6. The number of carbonyl (C=O) groups is 1. The van der Waals surface area contributed by atoms with E-state index in [1.54, 1.807) is 26.2 Å². The average Bonchev–Trinajstić information content (AvgIpc) is 2.55. The summed E-state index contributed by atoms with van der Waals surface area (Å²) in [5.41, 5.74) is 1.91. The van der Waals surface area contributed by atoms with E-state index < -0.39 is 11.3 Å². The molecule has 0 aliphatic heterocycles. The summed E-state index contributed by atoms with van der Waals surface area (Å²) in [5, 5.41) is -0.979. The Hall–Kier alpha value is -2.21. The number of pyridine rings is 2. The first-order chi connectivity index (χ1) is 11.4. The van der Waals surface area contributed by atoms with Gasteiger partial charge >= 0.3 is 5.97 Å². The molecule has 2 heterocycles. The molecule has 2 aromatic heterocycles. The molecule has 2 aromatic rings. The van der Waals surface area contributed by atoms with E-state index in [9.17, 15) is 4.79 Å². The molecule has 0 aliphatic rings. The van der Waals surface area contributed by atoms with Gasteiger partial charge in [-0.3, -0.25) is 19.7 Å². The summed E-state index contributed by atoms with van der Waals surface area (Å²) in [4.78, 5) is 22.6. The number of carbonyl (C=O) groups excluding carboxylic acids is 1. The normalized spacial score (nSPS) is 11.5. The predicted molar refractivity (Wildman–Crippen MR) is 93.3 cm³/mol. The Bertz CT molecular complexity index is 588. The van der Waals surface area contributed by atoms with Crippen LogP contribution in [-0.4, -0.2) is 41.8 Å². The summed E-state index contributed by atoms with van der Waals surface area (Å²) in [7, 11) is 5.73. The number of hydrogen-bond donors (Lipinski definition) is 0. The maximum absolute atomic E-state index is 11.8. The Morgan fingerprint density at radius 3 is 2.04 bits per heavy atom. The van der Waals surface area contributed by atoms with Crippen LogP contribution in [0.4, 0.5) is 0 Å². The third kappa shape index (κ3) is 6.12. The van der Waals surface area contributed by atoms with Gasteiger partial charge in [0, 0.05) is 37.3 Å². The van der Waals surface area contributed by atoms with Crippen molar-refractivity contribution in [1.82, 2.24) is 14.9 Å². The third-order valence-corrected chi connectivity index (χ3v) is 3.39. The van der Waals surface area contributed by atoms with Crippen LogP contribution in [-0.2, 0) is 22.6 Å². The van der Waals surface area contributed by atoms with Gasteiger partial charge in [0.2, 0.25) is 0 Å². The van der Waals surface area contributed by atoms with Gasteiger partial charge in [0.05, 0.1) is 19.2 Å². The molecule has 0 atom stereocenters. The quantitative estimate of drug-likeness (QED) is 0.551. The fourth-order valence-corrected chi connectivity index (χ4v) is 2.11. The molecule has 0 saturated carbocycles. The van der Waals surface area contributed by atoms with E-state index in [4.69, 9.17) is 12.6 Å². The lowest BCUT2D eigenvalue weighted by Crippen LogP contribution is -2.30. The minimum absolute atomic E-state index is 0.277. The zero-order chi connectivity index (χ0) is 17.4. The molecule has 5 nitrogen and oxygen atoms in total. The molecule has 6 heteroatoms. The molecule has 0 spiro atoms. The number of ether oxygens (including phenoxy) is 1. The van der Waals surface area contributed by atoms with Crippen molar-refractivity contribution in [1.29, 1.82) is 0 Å². The van der Waals surface area contributed by atoms with Crippen LogP contribution in [0.5, 0.6) is 0 Å². The molecule has 0 bridgehead atoms. The lowest BCUT2D eigenvalue weighted by molar-refractivity contribution is -0.146. The molecule has 0 fully saturated rings. The highest BCUT2D eigenvalue weighted by Gasteiger charge is 2.22. The zero-order valence-corrected chi connectivity index (χ0v) is 14.2. The second-order valence-corrected chi connectivity index (χ2v) is 6.21. The highest BCUT2D eigenvalue weighted by Crippen LogP contribution is 2.19. The predicted octanol–water partition coefficient (Wildman–Crippen LogP) is 2.39. The Balaban J connectivity index is 1.96. The molecule has 124 valence electrons. The molecule has 24 heavy (non-hydrogen) atoms. The van der Waals surface area contributed by atoms with Gasteiger partial charge in [-0.1, -0.05) is 26.0 Å². The van der Waals surface area contributed by atoms with E-state index in [0.717, 1.165) is 11.4 Å². The van der Waals surface area contributed by atoms with E-state index in [2.05, 4.69) is 14.9 Å². The molecule has 0 unspecified atom stereocenters. The molecule has 2 rings (SSSR count). The summed E-state index contributed by atoms with van der Waals surface area (Å²) < 4.78 is 5.27. The number of nitrogens with zero attached hydrogens (tertiary/aromatic N) is 3. The SMILES string of the molecule is [B]C(C)(C)C(=O)OCCN(Cc1ccccn1)Cc1ccccn1. The number of aromatic nitrogens is 2. The average molecular weight is 323 g/mol. The molecule has 0 saturated heterocycles. The summed E-state index contributed by atoms with van der Waals surface area (Å²) >= 11 is 0. The van der Waals surface area contributed by atoms with Gasteiger partial charge < -0.3 is 4.74 Å². The van der Waals surface area contributed by atoms with Crippen molar-refractivity contribution in [2.45, 2.75) is 32.3 Å². The first-order valence-electron chi connectivity index (χ1n) is 7.93. The Kier molecular flexibility index (Phi) is 6.49. The van der Waals surface area contributed by atoms with Gasteiger partial charge in [-0.05, 0) is 24.3 Å². The minimum atomic E-state index is -0.979. The number of esters is 1. The zero-order valence-electron chi connectivity index (χ0n) is 14.2. The topological polar surface area (TPSA) is 55.3 Å². The van der Waals surface area contributed by atoms with Gasteiger partial charge in [-0.15, -0.1) is 0 Å². The van der Waals surface area contributed by atoms with Crippen molar-refractivity contribution in [3.05, 3.63) is 60.2 Å².